The van der Waals surface area contributed by atoms with Crippen molar-refractivity contribution in [2.75, 3.05) is 27.5 Å². The standard InChI is InChI=1S/C23H22Cl2N6O3/c1-4-17(33)27-14-7-5-6-8-15(14)28-22-26-10-13-11-31(23(34)30(3)21(13)29-22)20-18(24)12(2)9-16(32)19(20)25/h5-10,32H,4,11H2,1-3H3,(H,27,33)(H,26,28,29). The minimum atomic E-state index is -0.415. The van der Waals surface area contributed by atoms with Gasteiger partial charge in [0.25, 0.3) is 0 Å². The third-order valence-corrected chi connectivity index (χ3v) is 6.23. The minimum Gasteiger partial charge on any atom is -0.506 e. The zero-order valence-electron chi connectivity index (χ0n) is 18.7. The van der Waals surface area contributed by atoms with Crippen molar-refractivity contribution >= 4 is 64.0 Å². The number of fused-ring (bicyclic) bond motifs is 1. The average molecular weight is 501 g/mol. The number of hydrogen-bond donors (Lipinski definition) is 3. The lowest BCUT2D eigenvalue weighted by Crippen LogP contribution is -2.46. The number of amides is 3. The summed E-state index contributed by atoms with van der Waals surface area (Å²) in [6.07, 6.45) is 1.95. The van der Waals surface area contributed by atoms with Gasteiger partial charge < -0.3 is 15.7 Å². The van der Waals surface area contributed by atoms with E-state index < -0.39 is 6.03 Å². The van der Waals surface area contributed by atoms with Gasteiger partial charge in [-0.1, -0.05) is 42.3 Å². The zero-order chi connectivity index (χ0) is 24.6. The summed E-state index contributed by atoms with van der Waals surface area (Å²) in [7, 11) is 1.58. The van der Waals surface area contributed by atoms with Crippen LogP contribution >= 0.6 is 23.2 Å². The molecule has 0 saturated heterocycles. The molecule has 0 aliphatic carbocycles. The number of carbonyl (C=O) groups is 2. The van der Waals surface area contributed by atoms with Crippen LogP contribution in [0.2, 0.25) is 10.0 Å². The molecule has 0 spiro atoms. The van der Waals surface area contributed by atoms with Crippen LogP contribution in [0.1, 0.15) is 24.5 Å². The summed E-state index contributed by atoms with van der Waals surface area (Å²) in [5, 5.41) is 16.3. The molecule has 1 aliphatic heterocycles. The summed E-state index contributed by atoms with van der Waals surface area (Å²) in [5.74, 6) is 0.391. The van der Waals surface area contributed by atoms with Crippen molar-refractivity contribution in [1.82, 2.24) is 9.97 Å². The number of nitrogens with zero attached hydrogens (tertiary/aromatic N) is 4. The number of para-hydroxylation sites is 2. The Morgan fingerprint density at radius 2 is 1.91 bits per heavy atom. The monoisotopic (exact) mass is 500 g/mol. The van der Waals surface area contributed by atoms with Gasteiger partial charge in [0, 0.05) is 25.2 Å². The first-order valence-electron chi connectivity index (χ1n) is 10.5. The lowest BCUT2D eigenvalue weighted by molar-refractivity contribution is -0.115. The van der Waals surface area contributed by atoms with Crippen molar-refractivity contribution in [1.29, 1.82) is 0 Å². The van der Waals surface area contributed by atoms with Gasteiger partial charge in [0.15, 0.2) is 0 Å². The highest BCUT2D eigenvalue weighted by molar-refractivity contribution is 6.41. The number of halogens is 2. The number of carbonyl (C=O) groups excluding carboxylic acids is 2. The summed E-state index contributed by atoms with van der Waals surface area (Å²) in [4.78, 5) is 36.7. The van der Waals surface area contributed by atoms with Crippen LogP contribution < -0.4 is 20.4 Å². The van der Waals surface area contributed by atoms with Crippen LogP contribution in [0.15, 0.2) is 36.5 Å². The Hall–Kier alpha value is -3.56. The van der Waals surface area contributed by atoms with Gasteiger partial charge in [-0.15, -0.1) is 0 Å². The van der Waals surface area contributed by atoms with Gasteiger partial charge in [0.2, 0.25) is 11.9 Å². The van der Waals surface area contributed by atoms with Gasteiger partial charge in [0.05, 0.1) is 28.6 Å². The fraction of sp³-hybridized carbons (Fsp3) is 0.217. The molecule has 4 rings (SSSR count). The molecule has 0 radical (unpaired) electrons. The van der Waals surface area contributed by atoms with Gasteiger partial charge in [-0.05, 0) is 30.7 Å². The van der Waals surface area contributed by atoms with Crippen molar-refractivity contribution in [2.24, 2.45) is 0 Å². The summed E-state index contributed by atoms with van der Waals surface area (Å²) >= 11 is 12.7. The molecular weight excluding hydrogens is 479 g/mol. The first kappa shape index (κ1) is 23.6. The quantitative estimate of drug-likeness (QED) is 0.428. The van der Waals surface area contributed by atoms with E-state index in [4.69, 9.17) is 23.2 Å². The Morgan fingerprint density at radius 3 is 2.62 bits per heavy atom. The second kappa shape index (κ2) is 9.36. The molecule has 1 aromatic heterocycles. The van der Waals surface area contributed by atoms with Crippen molar-refractivity contribution in [3.63, 3.8) is 0 Å². The van der Waals surface area contributed by atoms with E-state index in [0.29, 0.717) is 34.7 Å². The highest BCUT2D eigenvalue weighted by Crippen LogP contribution is 2.44. The minimum absolute atomic E-state index is 0.00858. The van der Waals surface area contributed by atoms with Crippen LogP contribution in [0.3, 0.4) is 0 Å². The smallest absolute Gasteiger partial charge is 0.330 e. The number of aromatic nitrogens is 2. The van der Waals surface area contributed by atoms with Gasteiger partial charge in [-0.3, -0.25) is 14.6 Å². The van der Waals surface area contributed by atoms with Crippen molar-refractivity contribution in [3.8, 4) is 5.75 Å². The highest BCUT2D eigenvalue weighted by Gasteiger charge is 2.34. The van der Waals surface area contributed by atoms with E-state index in [1.807, 2.05) is 12.1 Å². The Labute approximate surface area is 206 Å². The molecule has 0 bridgehead atoms. The Morgan fingerprint density at radius 1 is 1.21 bits per heavy atom. The lowest BCUT2D eigenvalue weighted by Gasteiger charge is -2.35. The van der Waals surface area contributed by atoms with E-state index in [1.165, 1.54) is 15.9 Å². The van der Waals surface area contributed by atoms with Crippen molar-refractivity contribution < 1.29 is 14.7 Å². The van der Waals surface area contributed by atoms with Crippen LogP contribution in [0.5, 0.6) is 5.75 Å². The number of rotatable bonds is 5. The Kier molecular flexibility index (Phi) is 6.49. The van der Waals surface area contributed by atoms with E-state index in [-0.39, 0.29) is 39.9 Å². The molecule has 3 amide bonds. The van der Waals surface area contributed by atoms with Crippen LogP contribution in [0.25, 0.3) is 0 Å². The van der Waals surface area contributed by atoms with Gasteiger partial charge >= 0.3 is 6.03 Å². The number of urea groups is 1. The second-order valence-corrected chi connectivity index (χ2v) is 8.49. The molecule has 11 heteroatoms. The maximum atomic E-state index is 13.2. The summed E-state index contributed by atoms with van der Waals surface area (Å²) in [6.45, 7) is 3.60. The van der Waals surface area contributed by atoms with E-state index in [2.05, 4.69) is 20.6 Å². The molecule has 3 N–H and O–H groups in total. The normalized spacial score (nSPS) is 13.0. The molecular formula is C23H22Cl2N6O3. The number of anilines is 5. The number of nitrogens with one attached hydrogen (secondary N) is 2. The maximum absolute atomic E-state index is 13.2. The first-order valence-corrected chi connectivity index (χ1v) is 11.2. The van der Waals surface area contributed by atoms with Gasteiger partial charge in [0.1, 0.15) is 16.6 Å². The number of phenols is 1. The number of aryl methyl sites for hydroxylation is 1. The SMILES string of the molecule is CCC(=O)Nc1ccccc1Nc1ncc2c(n1)N(C)C(=O)N(c1c(Cl)c(C)cc(O)c1Cl)C2. The molecule has 2 aromatic carbocycles. The fourth-order valence-corrected chi connectivity index (χ4v) is 4.13. The third kappa shape index (κ3) is 4.32. The number of phenolic OH excluding ortho intramolecular Hbond substituents is 1. The molecule has 1 aliphatic rings. The molecule has 9 nitrogen and oxygen atoms in total. The van der Waals surface area contributed by atoms with E-state index >= 15 is 0 Å². The molecule has 2 heterocycles. The number of benzene rings is 2. The average Bonchev–Trinajstić information content (AvgIpc) is 2.82. The summed E-state index contributed by atoms with van der Waals surface area (Å²) in [5.41, 5.74) is 2.68. The second-order valence-electron chi connectivity index (χ2n) is 7.73. The predicted molar refractivity (Wildman–Crippen MR) is 134 cm³/mol. The van der Waals surface area contributed by atoms with Gasteiger partial charge in [-0.2, -0.15) is 4.98 Å². The van der Waals surface area contributed by atoms with E-state index in [9.17, 15) is 14.7 Å². The van der Waals surface area contributed by atoms with Crippen molar-refractivity contribution in [2.45, 2.75) is 26.8 Å². The lowest BCUT2D eigenvalue weighted by atomic mass is 10.1. The topological polar surface area (TPSA) is 111 Å². The van der Waals surface area contributed by atoms with E-state index in [0.717, 1.165) is 0 Å². The summed E-state index contributed by atoms with van der Waals surface area (Å²) in [6, 6.07) is 8.22. The largest absolute Gasteiger partial charge is 0.506 e. The number of aromatic hydroxyl groups is 1. The molecule has 34 heavy (non-hydrogen) atoms. The molecule has 0 atom stereocenters. The molecule has 0 saturated carbocycles. The Balaban J connectivity index is 1.66. The molecule has 176 valence electrons. The molecule has 0 fully saturated rings. The highest BCUT2D eigenvalue weighted by atomic mass is 35.5. The van der Waals surface area contributed by atoms with Crippen LogP contribution in [0, 0.1) is 6.92 Å². The van der Waals surface area contributed by atoms with Crippen LogP contribution in [-0.2, 0) is 11.3 Å². The van der Waals surface area contributed by atoms with Crippen LogP contribution in [-0.4, -0.2) is 34.1 Å². The number of hydrogen-bond acceptors (Lipinski definition) is 6. The van der Waals surface area contributed by atoms with Crippen LogP contribution in [0.4, 0.5) is 33.6 Å². The fourth-order valence-electron chi connectivity index (χ4n) is 3.58. The van der Waals surface area contributed by atoms with Crippen molar-refractivity contribution in [3.05, 3.63) is 57.7 Å². The maximum Gasteiger partial charge on any atom is 0.330 e. The third-order valence-electron chi connectivity index (χ3n) is 5.38. The summed E-state index contributed by atoms with van der Waals surface area (Å²) < 4.78 is 0. The van der Waals surface area contributed by atoms with E-state index in [1.54, 1.807) is 39.2 Å². The predicted octanol–water partition coefficient (Wildman–Crippen LogP) is 5.47. The molecule has 0 unspecified atom stereocenters. The first-order chi connectivity index (χ1) is 16.2. The zero-order valence-corrected chi connectivity index (χ0v) is 20.2. The molecule has 3 aromatic rings. The van der Waals surface area contributed by atoms with Gasteiger partial charge in [-0.25, -0.2) is 9.78 Å². The Bertz CT molecular complexity index is 1270.